The second kappa shape index (κ2) is 4.41. The van der Waals surface area contributed by atoms with Gasteiger partial charge < -0.3 is 5.11 Å². The number of fused-ring (bicyclic) bond motifs is 1. The van der Waals surface area contributed by atoms with Crippen molar-refractivity contribution in [1.82, 2.24) is 4.98 Å². The van der Waals surface area contributed by atoms with Crippen molar-refractivity contribution in [2.45, 2.75) is 58.5 Å². The fourth-order valence-electron chi connectivity index (χ4n) is 3.09. The fourth-order valence-corrected chi connectivity index (χ4v) is 3.09. The first kappa shape index (κ1) is 12.6. The van der Waals surface area contributed by atoms with Gasteiger partial charge in [0.2, 0.25) is 0 Å². The molecule has 2 nitrogen and oxygen atoms in total. The van der Waals surface area contributed by atoms with Crippen LogP contribution in [0.3, 0.4) is 0 Å². The van der Waals surface area contributed by atoms with Crippen molar-refractivity contribution in [2.24, 2.45) is 5.92 Å². The van der Waals surface area contributed by atoms with Gasteiger partial charge in [-0.3, -0.25) is 4.98 Å². The first-order chi connectivity index (χ1) is 7.93. The van der Waals surface area contributed by atoms with Crippen molar-refractivity contribution < 1.29 is 5.11 Å². The van der Waals surface area contributed by atoms with E-state index in [0.29, 0.717) is 5.92 Å². The van der Waals surface area contributed by atoms with E-state index in [1.165, 1.54) is 16.8 Å². The normalized spacial score (nSPS) is 23.5. The molecule has 1 aliphatic carbocycles. The first-order valence-electron chi connectivity index (χ1n) is 6.56. The number of rotatable bonds is 3. The lowest BCUT2D eigenvalue weighted by atomic mass is 9.76. The fraction of sp³-hybridized carbons (Fsp3) is 0.667. The molecule has 0 fully saturated rings. The Labute approximate surface area is 104 Å². The molecular weight excluding hydrogens is 210 g/mol. The number of nitrogens with zero attached hydrogens (tertiary/aromatic N) is 1. The smallest absolute Gasteiger partial charge is 0.0512 e. The molecule has 2 rings (SSSR count). The van der Waals surface area contributed by atoms with Gasteiger partial charge in [-0.15, -0.1) is 0 Å². The molecule has 0 radical (unpaired) electrons. The number of aliphatic hydroxyl groups is 1. The molecule has 0 unspecified atom stereocenters. The summed E-state index contributed by atoms with van der Waals surface area (Å²) < 4.78 is 0. The number of hydrogen-bond acceptors (Lipinski definition) is 2. The number of pyridine rings is 1. The lowest BCUT2D eigenvalue weighted by Crippen LogP contribution is -2.25. The highest BCUT2D eigenvalue weighted by Gasteiger charge is 2.39. The van der Waals surface area contributed by atoms with Gasteiger partial charge in [-0.05, 0) is 61.6 Å². The van der Waals surface area contributed by atoms with Crippen molar-refractivity contribution in [1.29, 1.82) is 0 Å². The third-order valence-electron chi connectivity index (χ3n) is 4.37. The van der Waals surface area contributed by atoms with Gasteiger partial charge in [-0.1, -0.05) is 13.8 Å². The van der Waals surface area contributed by atoms with Gasteiger partial charge in [-0.2, -0.15) is 0 Å². The van der Waals surface area contributed by atoms with E-state index in [4.69, 9.17) is 0 Å². The molecule has 0 spiro atoms. The largest absolute Gasteiger partial charge is 0.393 e. The summed E-state index contributed by atoms with van der Waals surface area (Å²) in [7, 11) is 0. The van der Waals surface area contributed by atoms with E-state index in [1.54, 1.807) is 0 Å². The number of aryl methyl sites for hydroxylation is 1. The SMILES string of the molecule is Cc1nccc2c1C[C@@H](CC[C@@H](C)O)C2(C)C. The third-order valence-corrected chi connectivity index (χ3v) is 4.37. The van der Waals surface area contributed by atoms with Gasteiger partial charge in [0.25, 0.3) is 0 Å². The third kappa shape index (κ3) is 2.23. The molecule has 1 aliphatic rings. The van der Waals surface area contributed by atoms with E-state index in [0.717, 1.165) is 19.3 Å². The van der Waals surface area contributed by atoms with Gasteiger partial charge in [0.05, 0.1) is 6.10 Å². The first-order valence-corrected chi connectivity index (χ1v) is 6.56. The van der Waals surface area contributed by atoms with Crippen LogP contribution >= 0.6 is 0 Å². The maximum atomic E-state index is 9.44. The van der Waals surface area contributed by atoms with Crippen LogP contribution in [-0.4, -0.2) is 16.2 Å². The molecule has 94 valence electrons. The number of aromatic nitrogens is 1. The van der Waals surface area contributed by atoms with E-state index < -0.39 is 0 Å². The van der Waals surface area contributed by atoms with Crippen LogP contribution in [0.1, 0.15) is 50.4 Å². The molecule has 0 bridgehead atoms. The molecule has 2 atom stereocenters. The summed E-state index contributed by atoms with van der Waals surface area (Å²) in [6.07, 6.45) is 4.85. The summed E-state index contributed by atoms with van der Waals surface area (Å²) in [5, 5.41) is 9.44. The Morgan fingerprint density at radius 3 is 2.82 bits per heavy atom. The lowest BCUT2D eigenvalue weighted by Gasteiger charge is -2.28. The summed E-state index contributed by atoms with van der Waals surface area (Å²) in [6, 6.07) is 2.17. The van der Waals surface area contributed by atoms with Crippen molar-refractivity contribution >= 4 is 0 Å². The van der Waals surface area contributed by atoms with Crippen molar-refractivity contribution in [3.05, 3.63) is 29.1 Å². The molecule has 1 N–H and O–H groups in total. The van der Waals surface area contributed by atoms with Crippen LogP contribution in [-0.2, 0) is 11.8 Å². The van der Waals surface area contributed by atoms with Gasteiger partial charge in [0, 0.05) is 11.9 Å². The molecule has 1 aromatic heterocycles. The monoisotopic (exact) mass is 233 g/mol. The molecule has 1 heterocycles. The van der Waals surface area contributed by atoms with Gasteiger partial charge in [-0.25, -0.2) is 0 Å². The molecule has 0 amide bonds. The number of hydrogen-bond donors (Lipinski definition) is 1. The average molecular weight is 233 g/mol. The number of aliphatic hydroxyl groups excluding tert-OH is 1. The summed E-state index contributed by atoms with van der Waals surface area (Å²) in [5.74, 6) is 0.634. The highest BCUT2D eigenvalue weighted by molar-refractivity contribution is 5.41. The maximum Gasteiger partial charge on any atom is 0.0512 e. The Morgan fingerprint density at radius 1 is 1.53 bits per heavy atom. The van der Waals surface area contributed by atoms with E-state index in [-0.39, 0.29) is 11.5 Å². The van der Waals surface area contributed by atoms with Crippen LogP contribution in [0.4, 0.5) is 0 Å². The molecule has 17 heavy (non-hydrogen) atoms. The highest BCUT2D eigenvalue weighted by atomic mass is 16.3. The minimum atomic E-state index is -0.186. The van der Waals surface area contributed by atoms with Crippen LogP contribution in [0.5, 0.6) is 0 Å². The van der Waals surface area contributed by atoms with Gasteiger partial charge in [0.1, 0.15) is 0 Å². The van der Waals surface area contributed by atoms with Crippen molar-refractivity contribution in [3.63, 3.8) is 0 Å². The summed E-state index contributed by atoms with van der Waals surface area (Å²) in [4.78, 5) is 4.40. The molecule has 2 heteroatoms. The van der Waals surface area contributed by atoms with E-state index in [2.05, 4.69) is 31.8 Å². The Hall–Kier alpha value is -0.890. The minimum absolute atomic E-state index is 0.186. The Bertz CT molecular complexity index is 409. The Kier molecular flexibility index (Phi) is 3.26. The van der Waals surface area contributed by atoms with E-state index >= 15 is 0 Å². The zero-order chi connectivity index (χ0) is 12.6. The van der Waals surface area contributed by atoms with Gasteiger partial charge in [0.15, 0.2) is 0 Å². The lowest BCUT2D eigenvalue weighted by molar-refractivity contribution is 0.165. The van der Waals surface area contributed by atoms with Crippen LogP contribution in [0.25, 0.3) is 0 Å². The average Bonchev–Trinajstić information content (AvgIpc) is 2.50. The Balaban J connectivity index is 2.24. The predicted octanol–water partition coefficient (Wildman–Crippen LogP) is 3.00. The second-order valence-electron chi connectivity index (χ2n) is 5.97. The minimum Gasteiger partial charge on any atom is -0.393 e. The van der Waals surface area contributed by atoms with E-state index in [1.807, 2.05) is 13.1 Å². The summed E-state index contributed by atoms with van der Waals surface area (Å²) in [6.45, 7) is 8.63. The van der Waals surface area contributed by atoms with Crippen LogP contribution in [0.15, 0.2) is 12.3 Å². The highest BCUT2D eigenvalue weighted by Crippen LogP contribution is 2.45. The zero-order valence-electron chi connectivity index (χ0n) is 11.3. The quantitative estimate of drug-likeness (QED) is 0.870. The van der Waals surface area contributed by atoms with Crippen LogP contribution in [0, 0.1) is 12.8 Å². The van der Waals surface area contributed by atoms with Crippen molar-refractivity contribution in [2.75, 3.05) is 0 Å². The second-order valence-corrected chi connectivity index (χ2v) is 5.97. The summed E-state index contributed by atoms with van der Waals surface area (Å²) >= 11 is 0. The van der Waals surface area contributed by atoms with E-state index in [9.17, 15) is 5.11 Å². The molecule has 1 aromatic rings. The predicted molar refractivity (Wildman–Crippen MR) is 70.1 cm³/mol. The van der Waals surface area contributed by atoms with Crippen molar-refractivity contribution in [3.8, 4) is 0 Å². The molecule has 0 aromatic carbocycles. The molecule has 0 aliphatic heterocycles. The molecular formula is C15H23NO. The van der Waals surface area contributed by atoms with Gasteiger partial charge >= 0.3 is 0 Å². The topological polar surface area (TPSA) is 33.1 Å². The summed E-state index contributed by atoms with van der Waals surface area (Å²) in [5.41, 5.74) is 4.29. The zero-order valence-corrected chi connectivity index (χ0v) is 11.3. The van der Waals surface area contributed by atoms with Crippen LogP contribution < -0.4 is 0 Å². The molecule has 0 saturated heterocycles. The Morgan fingerprint density at radius 2 is 2.24 bits per heavy atom. The maximum absolute atomic E-state index is 9.44. The standard InChI is InChI=1S/C15H23NO/c1-10(17)5-6-12-9-13-11(2)16-8-7-14(13)15(12,3)4/h7-8,10,12,17H,5-6,9H2,1-4H3/t10-,12-/m1/s1. The molecule has 0 saturated carbocycles. The van der Waals surface area contributed by atoms with Crippen LogP contribution in [0.2, 0.25) is 0 Å².